The Balaban J connectivity index is 1.45. The summed E-state index contributed by atoms with van der Waals surface area (Å²) in [7, 11) is 2.05. The number of amides is 1. The molecule has 156 valence electrons. The maximum Gasteiger partial charge on any atom is 0.252 e. The first-order chi connectivity index (χ1) is 14.5. The van der Waals surface area contributed by atoms with E-state index >= 15 is 0 Å². The van der Waals surface area contributed by atoms with Crippen molar-refractivity contribution >= 4 is 22.5 Å². The Labute approximate surface area is 173 Å². The van der Waals surface area contributed by atoms with E-state index in [-0.39, 0.29) is 29.5 Å². The van der Waals surface area contributed by atoms with Crippen molar-refractivity contribution in [3.8, 4) is 11.5 Å². The number of carbonyl (C=O) groups excluding carboxylic acids is 1. The van der Waals surface area contributed by atoms with Crippen LogP contribution in [-0.2, 0) is 4.79 Å². The fraction of sp³-hybridized carbons (Fsp3) is 0.273. The fourth-order valence-corrected chi connectivity index (χ4v) is 3.45. The highest BCUT2D eigenvalue weighted by molar-refractivity contribution is 5.92. The van der Waals surface area contributed by atoms with Crippen molar-refractivity contribution in [2.75, 3.05) is 45.1 Å². The Morgan fingerprint density at radius 3 is 2.63 bits per heavy atom. The van der Waals surface area contributed by atoms with Crippen LogP contribution >= 0.6 is 0 Å². The Kier molecular flexibility index (Phi) is 5.78. The summed E-state index contributed by atoms with van der Waals surface area (Å²) >= 11 is 0. The van der Waals surface area contributed by atoms with Crippen molar-refractivity contribution in [3.05, 3.63) is 64.7 Å². The summed E-state index contributed by atoms with van der Waals surface area (Å²) in [5.41, 5.74) is 0.625. The predicted molar refractivity (Wildman–Crippen MR) is 114 cm³/mol. The lowest BCUT2D eigenvalue weighted by molar-refractivity contribution is -0.117. The molecular formula is C22H23FN4O3. The fourth-order valence-electron chi connectivity index (χ4n) is 3.45. The molecule has 0 unspecified atom stereocenters. The van der Waals surface area contributed by atoms with Gasteiger partial charge in [-0.05, 0) is 31.3 Å². The van der Waals surface area contributed by atoms with Crippen molar-refractivity contribution < 1.29 is 13.9 Å². The van der Waals surface area contributed by atoms with E-state index < -0.39 is 5.82 Å². The second-order valence-electron chi connectivity index (χ2n) is 7.42. The van der Waals surface area contributed by atoms with E-state index in [2.05, 4.69) is 27.1 Å². The molecule has 0 radical (unpaired) electrons. The molecule has 0 atom stereocenters. The number of aromatic nitrogens is 1. The number of nitrogens with one attached hydrogen (secondary N) is 2. The summed E-state index contributed by atoms with van der Waals surface area (Å²) in [6.07, 6.45) is 0. The summed E-state index contributed by atoms with van der Waals surface area (Å²) in [4.78, 5) is 31.1. The smallest absolute Gasteiger partial charge is 0.252 e. The van der Waals surface area contributed by atoms with Crippen LogP contribution in [-0.4, -0.2) is 60.5 Å². The Hall–Kier alpha value is -3.23. The number of anilines is 1. The average Bonchev–Trinajstić information content (AvgIpc) is 2.71. The lowest BCUT2D eigenvalue weighted by atomic mass is 10.2. The van der Waals surface area contributed by atoms with Gasteiger partial charge in [-0.2, -0.15) is 0 Å². The zero-order valence-corrected chi connectivity index (χ0v) is 16.7. The molecule has 3 aromatic rings. The number of piperazine rings is 1. The quantitative estimate of drug-likeness (QED) is 0.676. The molecule has 1 fully saturated rings. The highest BCUT2D eigenvalue weighted by Gasteiger charge is 2.17. The van der Waals surface area contributed by atoms with Gasteiger partial charge in [0.05, 0.1) is 12.1 Å². The number of pyridine rings is 1. The Morgan fingerprint density at radius 2 is 1.87 bits per heavy atom. The number of ether oxygens (including phenoxy) is 1. The number of nitrogens with zero attached hydrogens (tertiary/aromatic N) is 2. The summed E-state index contributed by atoms with van der Waals surface area (Å²) in [5.74, 6) is -0.576. The minimum atomic E-state index is -0.628. The van der Waals surface area contributed by atoms with Crippen LogP contribution < -0.4 is 15.6 Å². The summed E-state index contributed by atoms with van der Waals surface area (Å²) in [5, 5.41) is 3.39. The van der Waals surface area contributed by atoms with Crippen molar-refractivity contribution in [1.82, 2.24) is 14.8 Å². The third kappa shape index (κ3) is 4.67. The number of rotatable bonds is 5. The Bertz CT molecular complexity index is 1120. The van der Waals surface area contributed by atoms with Gasteiger partial charge < -0.3 is 19.9 Å². The first kappa shape index (κ1) is 20.1. The number of carbonyl (C=O) groups is 1. The number of benzene rings is 2. The molecule has 0 spiro atoms. The van der Waals surface area contributed by atoms with Crippen LogP contribution in [0, 0.1) is 5.82 Å². The van der Waals surface area contributed by atoms with Crippen LogP contribution in [0.3, 0.4) is 0 Å². The molecule has 1 aromatic heterocycles. The van der Waals surface area contributed by atoms with Gasteiger partial charge in [-0.1, -0.05) is 12.1 Å². The number of aromatic amines is 1. The lowest BCUT2D eigenvalue weighted by Gasteiger charge is -2.31. The molecule has 1 aliphatic rings. The largest absolute Gasteiger partial charge is 0.453 e. The van der Waals surface area contributed by atoms with Gasteiger partial charge in [0.15, 0.2) is 11.6 Å². The normalized spacial score (nSPS) is 15.3. The van der Waals surface area contributed by atoms with Crippen LogP contribution in [0.25, 0.3) is 10.9 Å². The molecule has 0 saturated carbocycles. The van der Waals surface area contributed by atoms with Gasteiger partial charge in [0.2, 0.25) is 5.91 Å². The minimum absolute atomic E-state index is 0.0252. The number of H-pyrrole nitrogens is 1. The van der Waals surface area contributed by atoms with E-state index in [4.69, 9.17) is 4.74 Å². The molecule has 30 heavy (non-hydrogen) atoms. The predicted octanol–water partition coefficient (Wildman–Crippen LogP) is 2.65. The number of likely N-dealkylation sites (N-methyl/N-ethyl adjacent to an activating group) is 1. The number of fused-ring (bicyclic) bond motifs is 1. The monoisotopic (exact) mass is 410 g/mol. The highest BCUT2D eigenvalue weighted by Crippen LogP contribution is 2.30. The van der Waals surface area contributed by atoms with Crippen LogP contribution in [0.15, 0.2) is 53.3 Å². The van der Waals surface area contributed by atoms with Gasteiger partial charge >= 0.3 is 0 Å². The third-order valence-electron chi connectivity index (χ3n) is 5.11. The molecule has 0 bridgehead atoms. The lowest BCUT2D eigenvalue weighted by Crippen LogP contribution is -2.47. The maximum atomic E-state index is 14.6. The maximum absolute atomic E-state index is 14.6. The molecule has 2 heterocycles. The van der Waals surface area contributed by atoms with Gasteiger partial charge in [0.25, 0.3) is 5.56 Å². The van der Waals surface area contributed by atoms with Gasteiger partial charge in [0.1, 0.15) is 5.75 Å². The van der Waals surface area contributed by atoms with Gasteiger partial charge in [-0.15, -0.1) is 0 Å². The van der Waals surface area contributed by atoms with E-state index in [0.29, 0.717) is 16.6 Å². The molecule has 2 N–H and O–H groups in total. The SMILES string of the molecule is CN1CCN(CC(=O)Nc2ccc(Oc3cc(=O)[nH]c4ccccc34)c(F)c2)CC1. The van der Waals surface area contributed by atoms with Crippen molar-refractivity contribution in [2.24, 2.45) is 0 Å². The van der Waals surface area contributed by atoms with Crippen molar-refractivity contribution in [2.45, 2.75) is 0 Å². The summed E-state index contributed by atoms with van der Waals surface area (Å²) < 4.78 is 20.3. The zero-order chi connectivity index (χ0) is 21.1. The molecule has 1 saturated heterocycles. The molecule has 2 aromatic carbocycles. The van der Waals surface area contributed by atoms with Crippen LogP contribution in [0.1, 0.15) is 0 Å². The molecular weight excluding hydrogens is 387 g/mol. The molecule has 0 aliphatic carbocycles. The average molecular weight is 410 g/mol. The molecule has 1 amide bonds. The van der Waals surface area contributed by atoms with Crippen molar-refractivity contribution in [3.63, 3.8) is 0 Å². The molecule has 8 heteroatoms. The van der Waals surface area contributed by atoms with Crippen LogP contribution in [0.4, 0.5) is 10.1 Å². The van der Waals surface area contributed by atoms with E-state index in [1.807, 2.05) is 6.07 Å². The zero-order valence-electron chi connectivity index (χ0n) is 16.7. The van der Waals surface area contributed by atoms with Crippen molar-refractivity contribution in [1.29, 1.82) is 0 Å². The standard InChI is InChI=1S/C22H23FN4O3/c1-26-8-10-27(11-9-26)14-22(29)24-15-6-7-19(17(23)12-15)30-20-13-21(28)25-18-5-3-2-4-16(18)20/h2-7,12-13H,8-11,14H2,1H3,(H,24,29)(H,25,28). The van der Waals surface area contributed by atoms with E-state index in [1.165, 1.54) is 18.2 Å². The number of hydrogen-bond acceptors (Lipinski definition) is 5. The van der Waals surface area contributed by atoms with E-state index in [9.17, 15) is 14.0 Å². The first-order valence-corrected chi connectivity index (χ1v) is 9.78. The van der Waals surface area contributed by atoms with Gasteiger partial charge in [-0.3, -0.25) is 14.5 Å². The highest BCUT2D eigenvalue weighted by atomic mass is 19.1. The molecule has 4 rings (SSSR count). The second kappa shape index (κ2) is 8.64. The molecule has 1 aliphatic heterocycles. The third-order valence-corrected chi connectivity index (χ3v) is 5.11. The van der Waals surface area contributed by atoms with Crippen LogP contribution in [0.5, 0.6) is 11.5 Å². The van der Waals surface area contributed by atoms with Gasteiger partial charge in [-0.25, -0.2) is 4.39 Å². The number of hydrogen-bond donors (Lipinski definition) is 2. The Morgan fingerprint density at radius 1 is 1.10 bits per heavy atom. The van der Waals surface area contributed by atoms with E-state index in [1.54, 1.807) is 24.3 Å². The second-order valence-corrected chi connectivity index (χ2v) is 7.42. The van der Waals surface area contributed by atoms with E-state index in [0.717, 1.165) is 26.2 Å². The number of para-hydroxylation sites is 1. The molecule has 7 nitrogen and oxygen atoms in total. The number of halogens is 1. The topological polar surface area (TPSA) is 77.7 Å². The van der Waals surface area contributed by atoms with Gasteiger partial charge in [0, 0.05) is 49.4 Å². The minimum Gasteiger partial charge on any atom is -0.453 e. The summed E-state index contributed by atoms with van der Waals surface area (Å²) in [6, 6.07) is 12.7. The summed E-state index contributed by atoms with van der Waals surface area (Å²) in [6.45, 7) is 3.77. The first-order valence-electron chi connectivity index (χ1n) is 9.78. The van der Waals surface area contributed by atoms with Crippen LogP contribution in [0.2, 0.25) is 0 Å².